The third kappa shape index (κ3) is 4.61. The first-order chi connectivity index (χ1) is 26.3. The lowest BCUT2D eigenvalue weighted by atomic mass is 9.99. The van der Waals surface area contributed by atoms with Crippen LogP contribution < -0.4 is 0 Å². The predicted octanol–water partition coefficient (Wildman–Crippen LogP) is 13.6. The van der Waals surface area contributed by atoms with Crippen LogP contribution in [0.25, 0.3) is 99.5 Å². The zero-order valence-electron chi connectivity index (χ0n) is 28.8. The molecule has 3 heterocycles. The van der Waals surface area contributed by atoms with Crippen molar-refractivity contribution in [1.82, 2.24) is 9.13 Å². The number of nitrogens with zero attached hydrogens (tertiary/aromatic N) is 2. The first kappa shape index (κ1) is 29.6. The fourth-order valence-corrected chi connectivity index (χ4v) is 8.32. The summed E-state index contributed by atoms with van der Waals surface area (Å²) in [5, 5.41) is 5.95. The molecule has 3 heteroatoms. The molecule has 0 saturated carbocycles. The fourth-order valence-electron chi connectivity index (χ4n) is 8.32. The lowest BCUT2D eigenvalue weighted by Gasteiger charge is -2.11. The van der Waals surface area contributed by atoms with Crippen molar-refractivity contribution in [3.8, 4) is 44.8 Å². The van der Waals surface area contributed by atoms with E-state index in [1.54, 1.807) is 0 Å². The molecule has 0 N–H and O–H groups in total. The van der Waals surface area contributed by atoms with E-state index in [9.17, 15) is 0 Å². The molecule has 0 unspecified atom stereocenters. The van der Waals surface area contributed by atoms with Gasteiger partial charge in [-0.2, -0.15) is 0 Å². The maximum atomic E-state index is 6.60. The van der Waals surface area contributed by atoms with E-state index in [0.29, 0.717) is 0 Å². The van der Waals surface area contributed by atoms with Crippen molar-refractivity contribution in [1.29, 1.82) is 0 Å². The Morgan fingerprint density at radius 3 is 1.51 bits per heavy atom. The van der Waals surface area contributed by atoms with Crippen LogP contribution in [0.4, 0.5) is 0 Å². The molecule has 248 valence electrons. The van der Waals surface area contributed by atoms with Crippen LogP contribution in [0.3, 0.4) is 0 Å². The largest absolute Gasteiger partial charge is 0.439 e. The fraction of sp³-hybridized carbons (Fsp3) is 0. The molecule has 0 aliphatic rings. The lowest BCUT2D eigenvalue weighted by Crippen LogP contribution is -1.94. The Morgan fingerprint density at radius 1 is 0.321 bits per heavy atom. The molecular weight excluding hydrogens is 645 g/mol. The number of para-hydroxylation sites is 2. The van der Waals surface area contributed by atoms with E-state index in [1.165, 1.54) is 55.0 Å². The molecule has 0 fully saturated rings. The zero-order chi connectivity index (χ0) is 34.9. The van der Waals surface area contributed by atoms with Crippen LogP contribution in [-0.4, -0.2) is 9.13 Å². The van der Waals surface area contributed by atoms with Gasteiger partial charge in [0, 0.05) is 32.9 Å². The van der Waals surface area contributed by atoms with Crippen LogP contribution in [0.2, 0.25) is 0 Å². The third-order valence-electron chi connectivity index (χ3n) is 10.7. The molecule has 3 aromatic heterocycles. The lowest BCUT2D eigenvalue weighted by molar-refractivity contribution is 0.645. The summed E-state index contributed by atoms with van der Waals surface area (Å²) in [7, 11) is 0. The zero-order valence-corrected chi connectivity index (χ0v) is 28.8. The first-order valence-electron chi connectivity index (χ1n) is 18.1. The Hall–Kier alpha value is -7.10. The molecule has 0 saturated heterocycles. The van der Waals surface area contributed by atoms with Gasteiger partial charge in [-0.25, -0.2) is 0 Å². The minimum atomic E-state index is 0.867. The molecule has 0 amide bonds. The Bertz CT molecular complexity index is 3030. The first-order valence-corrected chi connectivity index (χ1v) is 18.1. The van der Waals surface area contributed by atoms with Gasteiger partial charge < -0.3 is 8.98 Å². The molecule has 0 spiro atoms. The molecule has 0 radical (unpaired) electrons. The van der Waals surface area contributed by atoms with Crippen molar-refractivity contribution >= 4 is 54.8 Å². The van der Waals surface area contributed by atoms with Gasteiger partial charge in [-0.3, -0.25) is 4.57 Å². The molecular formula is C50H32N2O. The summed E-state index contributed by atoms with van der Waals surface area (Å²) in [6.45, 7) is 0. The maximum absolute atomic E-state index is 6.60. The molecule has 0 bridgehead atoms. The van der Waals surface area contributed by atoms with Crippen LogP contribution in [-0.2, 0) is 0 Å². The summed E-state index contributed by atoms with van der Waals surface area (Å²) in [6, 6.07) is 69.6. The summed E-state index contributed by atoms with van der Waals surface area (Å²) in [5.41, 5.74) is 14.7. The van der Waals surface area contributed by atoms with Gasteiger partial charge in [0.25, 0.3) is 0 Å². The second-order valence-electron chi connectivity index (χ2n) is 13.7. The number of furan rings is 1. The van der Waals surface area contributed by atoms with Crippen molar-refractivity contribution < 1.29 is 4.42 Å². The number of hydrogen-bond acceptors (Lipinski definition) is 1. The molecule has 8 aromatic carbocycles. The van der Waals surface area contributed by atoms with Gasteiger partial charge in [-0.15, -0.1) is 0 Å². The van der Waals surface area contributed by atoms with E-state index in [0.717, 1.165) is 44.5 Å². The highest BCUT2D eigenvalue weighted by Gasteiger charge is 2.22. The normalized spacial score (nSPS) is 11.8. The van der Waals surface area contributed by atoms with Crippen LogP contribution >= 0.6 is 0 Å². The van der Waals surface area contributed by atoms with Crippen molar-refractivity contribution in [2.75, 3.05) is 0 Å². The maximum Gasteiger partial charge on any atom is 0.213 e. The van der Waals surface area contributed by atoms with Gasteiger partial charge in [0.2, 0.25) is 5.71 Å². The Balaban J connectivity index is 1.11. The average molecular weight is 677 g/mol. The van der Waals surface area contributed by atoms with Crippen molar-refractivity contribution in [2.45, 2.75) is 0 Å². The van der Waals surface area contributed by atoms with Crippen molar-refractivity contribution in [3.63, 3.8) is 0 Å². The van der Waals surface area contributed by atoms with Gasteiger partial charge in [0.15, 0.2) is 0 Å². The quantitative estimate of drug-likeness (QED) is 0.178. The Labute approximate surface area is 306 Å². The monoisotopic (exact) mass is 676 g/mol. The third-order valence-corrected chi connectivity index (χ3v) is 10.7. The minimum Gasteiger partial charge on any atom is -0.439 e. The molecule has 11 aromatic rings. The van der Waals surface area contributed by atoms with Crippen LogP contribution in [0.15, 0.2) is 199 Å². The minimum absolute atomic E-state index is 0.867. The molecule has 0 aliphatic carbocycles. The van der Waals surface area contributed by atoms with Gasteiger partial charge in [0.1, 0.15) is 5.58 Å². The number of fused-ring (bicyclic) bond motifs is 8. The van der Waals surface area contributed by atoms with Gasteiger partial charge >= 0.3 is 0 Å². The Morgan fingerprint density at radius 2 is 0.868 bits per heavy atom. The van der Waals surface area contributed by atoms with Crippen molar-refractivity contribution in [2.24, 2.45) is 0 Å². The number of hydrogen-bond donors (Lipinski definition) is 0. The summed E-state index contributed by atoms with van der Waals surface area (Å²) < 4.78 is 11.3. The van der Waals surface area contributed by atoms with E-state index < -0.39 is 0 Å². The number of rotatable bonds is 5. The summed E-state index contributed by atoms with van der Waals surface area (Å²) in [5.74, 6) is 0. The smallest absolute Gasteiger partial charge is 0.213 e. The Kier molecular flexibility index (Phi) is 6.55. The van der Waals surface area contributed by atoms with Gasteiger partial charge in [-0.05, 0) is 94.0 Å². The summed E-state index contributed by atoms with van der Waals surface area (Å²) >= 11 is 0. The summed E-state index contributed by atoms with van der Waals surface area (Å²) in [4.78, 5) is 0. The second kappa shape index (κ2) is 11.7. The van der Waals surface area contributed by atoms with E-state index in [-0.39, 0.29) is 0 Å². The molecule has 11 rings (SSSR count). The predicted molar refractivity (Wildman–Crippen MR) is 221 cm³/mol. The number of benzene rings is 8. The van der Waals surface area contributed by atoms with E-state index in [4.69, 9.17) is 4.42 Å². The number of aromatic nitrogens is 2. The van der Waals surface area contributed by atoms with E-state index >= 15 is 0 Å². The van der Waals surface area contributed by atoms with Gasteiger partial charge in [-0.1, -0.05) is 133 Å². The van der Waals surface area contributed by atoms with Crippen LogP contribution in [0, 0.1) is 0 Å². The average Bonchev–Trinajstić information content (AvgIpc) is 3.88. The molecule has 0 atom stereocenters. The SMILES string of the molecule is c1ccc(-c2ccc3c(c2)c2cc(-c4ccccc4)ccc2n3-c2ccc(-c3cccc4c3c3c5ccccc5oc3n4-c3ccccc3)cc2)cc1. The van der Waals surface area contributed by atoms with Gasteiger partial charge in [0.05, 0.1) is 21.9 Å². The highest BCUT2D eigenvalue weighted by molar-refractivity contribution is 6.24. The molecule has 0 aliphatic heterocycles. The van der Waals surface area contributed by atoms with E-state index in [2.05, 4.69) is 197 Å². The highest BCUT2D eigenvalue weighted by Crippen LogP contribution is 2.44. The van der Waals surface area contributed by atoms with Crippen LogP contribution in [0.5, 0.6) is 0 Å². The molecule has 53 heavy (non-hydrogen) atoms. The topological polar surface area (TPSA) is 23.0 Å². The van der Waals surface area contributed by atoms with Crippen molar-refractivity contribution in [3.05, 3.63) is 194 Å². The van der Waals surface area contributed by atoms with Crippen LogP contribution in [0.1, 0.15) is 0 Å². The second-order valence-corrected chi connectivity index (χ2v) is 13.7. The standard InChI is InChI=1S/C50H32N2O/c1-4-13-33(14-5-1)36-25-29-44-42(31-36)43-32-37(34-15-6-2-7-16-34)26-30-45(43)51(44)39-27-23-35(24-28-39)40-20-12-21-46-48(40)49-41-19-10-11-22-47(41)53-50(49)52(46)38-17-8-3-9-18-38/h1-32H. The van der Waals surface area contributed by atoms with E-state index in [1.807, 2.05) is 6.07 Å². The summed E-state index contributed by atoms with van der Waals surface area (Å²) in [6.07, 6.45) is 0. The highest BCUT2D eigenvalue weighted by atomic mass is 16.3. The molecule has 3 nitrogen and oxygen atoms in total.